The van der Waals surface area contributed by atoms with Gasteiger partial charge < -0.3 is 9.84 Å². The molecule has 7 nitrogen and oxygen atoms in total. The number of fused-ring (bicyclic) bond motifs is 1. The van der Waals surface area contributed by atoms with Crippen LogP contribution in [0, 0.1) is 5.82 Å². The summed E-state index contributed by atoms with van der Waals surface area (Å²) in [5, 5.41) is 10.1. The first-order valence-corrected chi connectivity index (χ1v) is 9.61. The number of hydrogen-bond acceptors (Lipinski definition) is 5. The van der Waals surface area contributed by atoms with Crippen LogP contribution < -0.4 is 0 Å². The number of aromatic carboxylic acids is 1. The van der Waals surface area contributed by atoms with E-state index in [-0.39, 0.29) is 33.4 Å². The number of nitrogens with zero attached hydrogens (tertiary/aromatic N) is 3. The van der Waals surface area contributed by atoms with Gasteiger partial charge in [0, 0.05) is 10.9 Å². The summed E-state index contributed by atoms with van der Waals surface area (Å²) >= 11 is 0. The number of carbonyl (C=O) groups is 2. The first kappa shape index (κ1) is 23.1. The summed E-state index contributed by atoms with van der Waals surface area (Å²) in [5.41, 5.74) is 0.133. The normalized spacial score (nSPS) is 13.6. The zero-order valence-electron chi connectivity index (χ0n) is 18.0. The molecule has 30 heavy (non-hydrogen) atoms. The number of carboxylic acid groups (broad SMARTS) is 1. The summed E-state index contributed by atoms with van der Waals surface area (Å²) in [4.78, 5) is 37.3. The van der Waals surface area contributed by atoms with E-state index in [1.54, 1.807) is 40.8 Å². The van der Waals surface area contributed by atoms with E-state index in [0.29, 0.717) is 6.42 Å². The van der Waals surface area contributed by atoms with E-state index < -0.39 is 29.5 Å². The van der Waals surface area contributed by atoms with Crippen molar-refractivity contribution < 1.29 is 23.8 Å². The van der Waals surface area contributed by atoms with Crippen molar-refractivity contribution in [2.75, 3.05) is 0 Å². The number of ether oxygens (including phenoxy) is 1. The number of pyridine rings is 1. The van der Waals surface area contributed by atoms with Crippen molar-refractivity contribution in [3.8, 4) is 0 Å². The maximum Gasteiger partial charge on any atom is 0.434 e. The Morgan fingerprint density at radius 2 is 2.00 bits per heavy atom. The molecule has 1 unspecified atom stereocenters. The maximum atomic E-state index is 13.9. The van der Waals surface area contributed by atoms with E-state index in [9.17, 15) is 19.1 Å². The van der Waals surface area contributed by atoms with Gasteiger partial charge in [-0.25, -0.2) is 19.0 Å². The molecule has 0 aliphatic heterocycles. The zero-order chi connectivity index (χ0) is 22.6. The van der Waals surface area contributed by atoms with Gasteiger partial charge in [0.05, 0.1) is 28.5 Å². The summed E-state index contributed by atoms with van der Waals surface area (Å²) in [7, 11) is 0. The van der Waals surface area contributed by atoms with E-state index in [2.05, 4.69) is 15.0 Å². The Balaban J connectivity index is 2.87. The van der Waals surface area contributed by atoms with Crippen molar-refractivity contribution in [3.05, 3.63) is 40.8 Å². The van der Waals surface area contributed by atoms with Crippen molar-refractivity contribution in [3.63, 3.8) is 0 Å². The Bertz CT molecular complexity index is 1040. The molecule has 0 saturated heterocycles. The van der Waals surface area contributed by atoms with Crippen molar-refractivity contribution in [1.29, 1.82) is 0 Å². The monoisotopic (exact) mass is 415 g/mol. The molecule has 0 aliphatic rings. The quantitative estimate of drug-likeness (QED) is 0.663. The largest absolute Gasteiger partial charge is 0.478 e. The third-order valence-corrected chi connectivity index (χ3v) is 4.24. The highest BCUT2D eigenvalue weighted by atomic mass is 19.1. The standard InChI is InChI=1S/C22H26FN3O4/c1-7-15(24-8-2)18-17(20(27)28)14-11-13(23)9-10-16(14)26-19(18)12(3)25-21(29)30-22(4,5)6/h8-11,15H,7H2,1-6H3,(H,27,28). The van der Waals surface area contributed by atoms with Crippen LogP contribution in [0.4, 0.5) is 9.18 Å². The van der Waals surface area contributed by atoms with Gasteiger partial charge in [0.2, 0.25) is 0 Å². The summed E-state index contributed by atoms with van der Waals surface area (Å²) in [6.07, 6.45) is 1.23. The number of rotatable bonds is 5. The molecular weight excluding hydrogens is 389 g/mol. The Morgan fingerprint density at radius 3 is 2.53 bits per heavy atom. The van der Waals surface area contributed by atoms with Gasteiger partial charge in [-0.2, -0.15) is 4.99 Å². The van der Waals surface area contributed by atoms with Gasteiger partial charge in [-0.1, -0.05) is 6.92 Å². The number of aliphatic imine (C=N–C) groups is 2. The third kappa shape index (κ3) is 5.25. The second-order valence-electron chi connectivity index (χ2n) is 7.72. The average Bonchev–Trinajstić information content (AvgIpc) is 2.62. The van der Waals surface area contributed by atoms with Crippen LogP contribution in [-0.2, 0) is 4.74 Å². The Morgan fingerprint density at radius 1 is 1.33 bits per heavy atom. The number of carbonyl (C=O) groups excluding carboxylic acids is 1. The van der Waals surface area contributed by atoms with E-state index in [1.807, 2.05) is 6.92 Å². The highest BCUT2D eigenvalue weighted by Crippen LogP contribution is 2.33. The van der Waals surface area contributed by atoms with Crippen LogP contribution in [0.2, 0.25) is 0 Å². The lowest BCUT2D eigenvalue weighted by molar-refractivity contribution is 0.0603. The molecular formula is C22H26FN3O4. The lowest BCUT2D eigenvalue weighted by Gasteiger charge is -2.20. The van der Waals surface area contributed by atoms with Gasteiger partial charge in [0.15, 0.2) is 0 Å². The van der Waals surface area contributed by atoms with Crippen LogP contribution in [-0.4, -0.2) is 39.7 Å². The summed E-state index contributed by atoms with van der Waals surface area (Å²) in [5.74, 6) is -1.81. The van der Waals surface area contributed by atoms with Crippen molar-refractivity contribution in [1.82, 2.24) is 4.98 Å². The first-order chi connectivity index (χ1) is 14.0. The first-order valence-electron chi connectivity index (χ1n) is 9.61. The number of aromatic nitrogens is 1. The molecule has 0 saturated carbocycles. The fourth-order valence-electron chi connectivity index (χ4n) is 3.12. The van der Waals surface area contributed by atoms with E-state index in [0.717, 1.165) is 6.07 Å². The number of carboxylic acids is 1. The molecule has 0 fully saturated rings. The van der Waals surface area contributed by atoms with Crippen molar-refractivity contribution in [2.24, 2.45) is 9.98 Å². The number of hydrogen-bond donors (Lipinski definition) is 1. The van der Waals surface area contributed by atoms with Gasteiger partial charge in [-0.3, -0.25) is 4.99 Å². The molecule has 160 valence electrons. The minimum absolute atomic E-state index is 0.106. The minimum atomic E-state index is -1.24. The fourth-order valence-corrected chi connectivity index (χ4v) is 3.12. The molecule has 1 aromatic heterocycles. The number of amides is 1. The van der Waals surface area contributed by atoms with Gasteiger partial charge in [0.1, 0.15) is 11.4 Å². The Kier molecular flexibility index (Phi) is 7.02. The predicted octanol–water partition coefficient (Wildman–Crippen LogP) is 5.36. The Labute approximate surface area is 174 Å². The van der Waals surface area contributed by atoms with Crippen LogP contribution in [0.15, 0.2) is 28.2 Å². The van der Waals surface area contributed by atoms with Crippen LogP contribution in [0.3, 0.4) is 0 Å². The fraction of sp³-hybridized carbons (Fsp3) is 0.409. The van der Waals surface area contributed by atoms with Crippen LogP contribution in [0.25, 0.3) is 10.9 Å². The molecule has 2 rings (SSSR count). The summed E-state index contributed by atoms with van der Waals surface area (Å²) in [6, 6.07) is 3.18. The molecule has 1 amide bonds. The molecule has 8 heteroatoms. The number of benzene rings is 1. The highest BCUT2D eigenvalue weighted by Gasteiger charge is 2.27. The third-order valence-electron chi connectivity index (χ3n) is 4.24. The van der Waals surface area contributed by atoms with Crippen LogP contribution in [0.1, 0.15) is 75.6 Å². The van der Waals surface area contributed by atoms with Crippen molar-refractivity contribution >= 4 is 34.9 Å². The topological polar surface area (TPSA) is 101 Å². The molecule has 0 aliphatic carbocycles. The molecule has 0 spiro atoms. The van der Waals surface area contributed by atoms with E-state index in [4.69, 9.17) is 4.74 Å². The molecule has 1 aromatic carbocycles. The van der Waals surface area contributed by atoms with Crippen LogP contribution >= 0.6 is 0 Å². The number of halogens is 1. The SMILES string of the molecule is CC=NC(CC)c1c(C(C)=NC(=O)OC(C)(C)C)nc2ccc(F)cc2c1C(=O)O. The van der Waals surface area contributed by atoms with Crippen molar-refractivity contribution in [2.45, 2.75) is 59.6 Å². The van der Waals surface area contributed by atoms with E-state index >= 15 is 0 Å². The summed E-state index contributed by atoms with van der Waals surface area (Å²) < 4.78 is 19.1. The lowest BCUT2D eigenvalue weighted by atomic mass is 9.92. The van der Waals surface area contributed by atoms with Gasteiger partial charge in [-0.15, -0.1) is 0 Å². The van der Waals surface area contributed by atoms with Gasteiger partial charge in [0.25, 0.3) is 0 Å². The van der Waals surface area contributed by atoms with Gasteiger partial charge in [-0.05, 0) is 65.5 Å². The molecule has 1 N–H and O–H groups in total. The summed E-state index contributed by atoms with van der Waals surface area (Å²) in [6.45, 7) is 10.3. The van der Waals surface area contributed by atoms with Crippen LogP contribution in [0.5, 0.6) is 0 Å². The smallest absolute Gasteiger partial charge is 0.434 e. The lowest BCUT2D eigenvalue weighted by Crippen LogP contribution is -2.23. The van der Waals surface area contributed by atoms with Gasteiger partial charge >= 0.3 is 12.1 Å². The Hall–Kier alpha value is -3.16. The molecule has 2 aromatic rings. The molecule has 0 radical (unpaired) electrons. The molecule has 1 atom stereocenters. The van der Waals surface area contributed by atoms with E-state index in [1.165, 1.54) is 12.1 Å². The molecule has 1 heterocycles. The molecule has 0 bridgehead atoms. The second-order valence-corrected chi connectivity index (χ2v) is 7.72. The maximum absolute atomic E-state index is 13.9. The average molecular weight is 415 g/mol. The minimum Gasteiger partial charge on any atom is -0.478 e. The second kappa shape index (κ2) is 9.11. The zero-order valence-corrected chi connectivity index (χ0v) is 18.0. The predicted molar refractivity (Wildman–Crippen MR) is 114 cm³/mol. The highest BCUT2D eigenvalue weighted by molar-refractivity contribution is 6.11.